The van der Waals surface area contributed by atoms with Gasteiger partial charge in [0.15, 0.2) is 5.79 Å². The van der Waals surface area contributed by atoms with Crippen LogP contribution in [0.4, 0.5) is 11.4 Å². The molecule has 27 heavy (non-hydrogen) atoms. The lowest BCUT2D eigenvalue weighted by atomic mass is 9.83. The largest absolute Gasteiger partial charge is 0.369 e. The second-order valence-electron chi connectivity index (χ2n) is 7.95. The molecule has 3 fully saturated rings. The van der Waals surface area contributed by atoms with Crippen molar-refractivity contribution in [1.29, 1.82) is 0 Å². The molecule has 148 valence electrons. The fourth-order valence-corrected chi connectivity index (χ4v) is 4.59. The summed E-state index contributed by atoms with van der Waals surface area (Å²) in [5.41, 5.74) is 1.12. The maximum absolute atomic E-state index is 11.0. The molecule has 2 saturated heterocycles. The number of non-ortho nitro benzene ring substituents is 1. The summed E-state index contributed by atoms with van der Waals surface area (Å²) in [6.07, 6.45) is 5.73. The van der Waals surface area contributed by atoms with Gasteiger partial charge in [0.1, 0.15) is 0 Å². The van der Waals surface area contributed by atoms with Crippen LogP contribution in [0.15, 0.2) is 24.3 Å². The molecule has 7 nitrogen and oxygen atoms in total. The van der Waals surface area contributed by atoms with Crippen molar-refractivity contribution in [3.8, 4) is 0 Å². The van der Waals surface area contributed by atoms with Crippen LogP contribution in [-0.2, 0) is 9.47 Å². The van der Waals surface area contributed by atoms with Gasteiger partial charge in [-0.3, -0.25) is 15.0 Å². The molecule has 1 aromatic carbocycles. The lowest BCUT2D eigenvalue weighted by Gasteiger charge is -2.38. The van der Waals surface area contributed by atoms with E-state index < -0.39 is 0 Å². The first kappa shape index (κ1) is 18.7. The Hall–Kier alpha value is -1.70. The number of hydrogen-bond acceptors (Lipinski definition) is 6. The third kappa shape index (κ3) is 4.42. The van der Waals surface area contributed by atoms with Crippen LogP contribution >= 0.6 is 0 Å². The van der Waals surface area contributed by atoms with Gasteiger partial charge in [-0.1, -0.05) is 6.07 Å². The monoisotopic (exact) mass is 375 g/mol. The van der Waals surface area contributed by atoms with Gasteiger partial charge in [-0.25, -0.2) is 0 Å². The molecule has 0 N–H and O–H groups in total. The van der Waals surface area contributed by atoms with Gasteiger partial charge in [-0.2, -0.15) is 0 Å². The molecule has 1 aliphatic carbocycles. The van der Waals surface area contributed by atoms with E-state index in [0.29, 0.717) is 0 Å². The fourth-order valence-electron chi connectivity index (χ4n) is 4.59. The molecular formula is C20H29N3O4. The van der Waals surface area contributed by atoms with Crippen molar-refractivity contribution in [2.75, 3.05) is 50.8 Å². The zero-order chi connectivity index (χ0) is 18.7. The van der Waals surface area contributed by atoms with Gasteiger partial charge in [-0.15, -0.1) is 0 Å². The Morgan fingerprint density at radius 2 is 1.81 bits per heavy atom. The van der Waals surface area contributed by atoms with Crippen LogP contribution < -0.4 is 4.90 Å². The number of anilines is 1. The van der Waals surface area contributed by atoms with Crippen molar-refractivity contribution in [2.24, 2.45) is 5.92 Å². The van der Waals surface area contributed by atoms with Crippen molar-refractivity contribution in [3.05, 3.63) is 34.4 Å². The van der Waals surface area contributed by atoms with Gasteiger partial charge in [0.25, 0.3) is 5.69 Å². The number of nitrogens with zero attached hydrogens (tertiary/aromatic N) is 3. The van der Waals surface area contributed by atoms with Crippen LogP contribution in [0.5, 0.6) is 0 Å². The average molecular weight is 375 g/mol. The van der Waals surface area contributed by atoms with Crippen LogP contribution in [-0.4, -0.2) is 61.5 Å². The van der Waals surface area contributed by atoms with Crippen LogP contribution in [0.25, 0.3) is 0 Å². The lowest BCUT2D eigenvalue weighted by Crippen LogP contribution is -2.47. The van der Waals surface area contributed by atoms with Gasteiger partial charge >= 0.3 is 0 Å². The number of benzene rings is 1. The molecule has 0 atom stereocenters. The standard InChI is InChI=1S/C20H29N3O4/c24-23(25)19-3-1-2-18(16-19)22-12-10-21(11-13-22)9-6-17-4-7-20(8-5-17)26-14-15-27-20/h1-3,16-17H,4-15H2. The second kappa shape index (κ2) is 8.12. The first-order valence-electron chi connectivity index (χ1n) is 10.1. The third-order valence-electron chi connectivity index (χ3n) is 6.31. The molecule has 3 aliphatic rings. The van der Waals surface area contributed by atoms with E-state index in [9.17, 15) is 10.1 Å². The van der Waals surface area contributed by atoms with Crippen LogP contribution in [0.1, 0.15) is 32.1 Å². The molecule has 0 aromatic heterocycles. The number of piperazine rings is 1. The SMILES string of the molecule is O=[N+]([O-])c1cccc(N2CCN(CCC3CCC4(CC3)OCCO4)CC2)c1. The van der Waals surface area contributed by atoms with Gasteiger partial charge in [0.2, 0.25) is 0 Å². The first-order valence-corrected chi connectivity index (χ1v) is 10.1. The molecule has 2 aliphatic heterocycles. The third-order valence-corrected chi connectivity index (χ3v) is 6.31. The predicted octanol–water partition coefficient (Wildman–Crippen LogP) is 3.04. The number of rotatable bonds is 5. The zero-order valence-electron chi connectivity index (χ0n) is 15.8. The molecule has 1 saturated carbocycles. The number of nitro groups is 1. The highest BCUT2D eigenvalue weighted by atomic mass is 16.7. The average Bonchev–Trinajstić information content (AvgIpc) is 3.16. The summed E-state index contributed by atoms with van der Waals surface area (Å²) in [5.74, 6) is 0.527. The fraction of sp³-hybridized carbons (Fsp3) is 0.700. The minimum atomic E-state index is -0.324. The van der Waals surface area contributed by atoms with E-state index in [2.05, 4.69) is 9.80 Å². The molecule has 0 amide bonds. The van der Waals surface area contributed by atoms with E-state index in [4.69, 9.17) is 9.47 Å². The summed E-state index contributed by atoms with van der Waals surface area (Å²) in [6.45, 7) is 6.53. The number of nitro benzene ring substituents is 1. The van der Waals surface area contributed by atoms with Crippen molar-refractivity contribution >= 4 is 11.4 Å². The van der Waals surface area contributed by atoms with E-state index in [1.165, 1.54) is 19.3 Å². The predicted molar refractivity (Wildman–Crippen MR) is 103 cm³/mol. The molecule has 0 bridgehead atoms. The van der Waals surface area contributed by atoms with E-state index in [-0.39, 0.29) is 16.4 Å². The summed E-state index contributed by atoms with van der Waals surface area (Å²) in [7, 11) is 0. The van der Waals surface area contributed by atoms with Gasteiger partial charge in [-0.05, 0) is 37.8 Å². The van der Waals surface area contributed by atoms with Gasteiger partial charge < -0.3 is 14.4 Å². The minimum absolute atomic E-state index is 0.167. The Morgan fingerprint density at radius 3 is 2.48 bits per heavy atom. The Labute approximate surface area is 160 Å². The van der Waals surface area contributed by atoms with Crippen molar-refractivity contribution in [2.45, 2.75) is 37.9 Å². The zero-order valence-corrected chi connectivity index (χ0v) is 15.8. The van der Waals surface area contributed by atoms with E-state index in [1.54, 1.807) is 18.2 Å². The summed E-state index contributed by atoms with van der Waals surface area (Å²) >= 11 is 0. The Morgan fingerprint density at radius 1 is 1.11 bits per heavy atom. The highest BCUT2D eigenvalue weighted by Crippen LogP contribution is 2.39. The van der Waals surface area contributed by atoms with Crippen LogP contribution in [0.3, 0.4) is 0 Å². The summed E-state index contributed by atoms with van der Waals surface area (Å²) < 4.78 is 11.6. The van der Waals surface area contributed by atoms with Crippen molar-refractivity contribution < 1.29 is 14.4 Å². The summed E-state index contributed by atoms with van der Waals surface area (Å²) in [4.78, 5) is 15.4. The van der Waals surface area contributed by atoms with Gasteiger partial charge in [0, 0.05) is 56.8 Å². The van der Waals surface area contributed by atoms with E-state index in [1.807, 2.05) is 6.07 Å². The normalized spacial score (nSPS) is 23.8. The van der Waals surface area contributed by atoms with Crippen LogP contribution in [0.2, 0.25) is 0 Å². The van der Waals surface area contributed by atoms with Gasteiger partial charge in [0.05, 0.1) is 18.1 Å². The van der Waals surface area contributed by atoms with Crippen molar-refractivity contribution in [3.63, 3.8) is 0 Å². The lowest BCUT2D eigenvalue weighted by molar-refractivity contribution is -0.384. The molecule has 1 spiro atoms. The van der Waals surface area contributed by atoms with E-state index in [0.717, 1.165) is 70.4 Å². The van der Waals surface area contributed by atoms with E-state index >= 15 is 0 Å². The second-order valence-corrected chi connectivity index (χ2v) is 7.95. The Bertz CT molecular complexity index is 644. The minimum Gasteiger partial charge on any atom is -0.369 e. The molecule has 7 heteroatoms. The highest BCUT2D eigenvalue weighted by Gasteiger charge is 2.40. The molecule has 0 unspecified atom stereocenters. The quantitative estimate of drug-likeness (QED) is 0.582. The number of hydrogen-bond donors (Lipinski definition) is 0. The first-order chi connectivity index (χ1) is 13.1. The molecule has 4 rings (SSSR count). The molecule has 1 aromatic rings. The highest BCUT2D eigenvalue weighted by molar-refractivity contribution is 5.53. The smallest absolute Gasteiger partial charge is 0.271 e. The maximum atomic E-state index is 11.0. The number of ether oxygens (including phenoxy) is 2. The van der Waals surface area contributed by atoms with Crippen molar-refractivity contribution in [1.82, 2.24) is 4.90 Å². The summed E-state index contributed by atoms with van der Waals surface area (Å²) in [6, 6.07) is 6.97. The Kier molecular flexibility index (Phi) is 5.61. The summed E-state index contributed by atoms with van der Waals surface area (Å²) in [5, 5.41) is 11.0. The molecule has 2 heterocycles. The topological polar surface area (TPSA) is 68.1 Å². The Balaban J connectivity index is 1.20. The molecule has 0 radical (unpaired) electrons. The molecular weight excluding hydrogens is 346 g/mol. The van der Waals surface area contributed by atoms with Crippen LogP contribution in [0, 0.1) is 16.0 Å². The maximum Gasteiger partial charge on any atom is 0.271 e.